The number of rotatable bonds is 5. The van der Waals surface area contributed by atoms with Gasteiger partial charge in [0, 0.05) is 47.3 Å². The number of amidine groups is 1. The first kappa shape index (κ1) is 32.3. The van der Waals surface area contributed by atoms with Gasteiger partial charge in [0.15, 0.2) is 0 Å². The second-order valence-corrected chi connectivity index (χ2v) is 15.8. The fraction of sp³-hybridized carbons (Fsp3) is 0.0392. The smallest absolute Gasteiger partial charge is 0.135 e. The van der Waals surface area contributed by atoms with Crippen LogP contribution in [0.1, 0.15) is 29.0 Å². The van der Waals surface area contributed by atoms with Crippen LogP contribution in [-0.2, 0) is 0 Å². The number of furan rings is 1. The summed E-state index contributed by atoms with van der Waals surface area (Å²) in [4.78, 5) is 5.21. The monoisotopic (exact) mass is 750 g/mol. The van der Waals surface area contributed by atoms with Gasteiger partial charge in [0.05, 0.1) is 16.7 Å². The average molecular weight is 751 g/mol. The highest BCUT2D eigenvalue weighted by molar-refractivity contribution is 7.26. The van der Waals surface area contributed by atoms with Gasteiger partial charge in [0.2, 0.25) is 0 Å². The summed E-state index contributed by atoms with van der Waals surface area (Å²) >= 11 is 1.87. The van der Waals surface area contributed by atoms with Crippen molar-refractivity contribution in [1.82, 2.24) is 15.2 Å². The maximum Gasteiger partial charge on any atom is 0.135 e. The van der Waals surface area contributed by atoms with Crippen LogP contribution < -0.4 is 10.6 Å². The molecule has 0 bridgehead atoms. The molecule has 0 amide bonds. The highest BCUT2D eigenvalue weighted by Crippen LogP contribution is 2.45. The van der Waals surface area contributed by atoms with Crippen molar-refractivity contribution < 1.29 is 4.42 Å². The van der Waals surface area contributed by atoms with Crippen molar-refractivity contribution in [2.24, 2.45) is 4.99 Å². The molecule has 0 radical (unpaired) electrons. The number of benzene rings is 8. The summed E-state index contributed by atoms with van der Waals surface area (Å²) in [5.41, 5.74) is 11.0. The maximum absolute atomic E-state index is 6.46. The maximum atomic E-state index is 6.46. The van der Waals surface area contributed by atoms with Gasteiger partial charge < -0.3 is 14.3 Å². The third-order valence-corrected chi connectivity index (χ3v) is 12.7. The molecule has 0 spiro atoms. The molecule has 4 heterocycles. The van der Waals surface area contributed by atoms with E-state index in [0.29, 0.717) is 0 Å². The van der Waals surface area contributed by atoms with E-state index >= 15 is 0 Å². The first-order chi connectivity index (χ1) is 28.2. The Balaban J connectivity index is 0.992. The van der Waals surface area contributed by atoms with E-state index in [4.69, 9.17) is 9.41 Å². The first-order valence-electron chi connectivity index (χ1n) is 19.4. The lowest BCUT2D eigenvalue weighted by Crippen LogP contribution is -2.44. The minimum Gasteiger partial charge on any atom is -0.456 e. The number of hydrogen-bond donors (Lipinski definition) is 2. The van der Waals surface area contributed by atoms with Crippen LogP contribution in [0.4, 0.5) is 0 Å². The number of para-hydroxylation sites is 2. The third-order valence-electron chi connectivity index (χ3n) is 11.5. The molecule has 5 nitrogen and oxygen atoms in total. The summed E-state index contributed by atoms with van der Waals surface area (Å²) in [6.45, 7) is 0. The van der Waals surface area contributed by atoms with E-state index in [1.807, 2.05) is 23.5 Å². The Morgan fingerprint density at radius 3 is 1.88 bits per heavy atom. The lowest BCUT2D eigenvalue weighted by molar-refractivity contribution is 0.409. The lowest BCUT2D eigenvalue weighted by Gasteiger charge is -2.32. The van der Waals surface area contributed by atoms with Gasteiger partial charge in [0.25, 0.3) is 0 Å². The number of hydrogen-bond acceptors (Lipinski definition) is 5. The van der Waals surface area contributed by atoms with Gasteiger partial charge in [-0.1, -0.05) is 127 Å². The van der Waals surface area contributed by atoms with Gasteiger partial charge in [-0.25, -0.2) is 4.99 Å². The standard InChI is InChI=1S/C51H34N4OS/c1-3-13-31(14-4-1)49-52-50(32-15-5-2-6-16-32)54-51(53-49)34-26-28-45-40(30-34)39-29-33(25-27-44(39)56-45)35-19-11-20-38-47-43(23-12-24-46(47)57-48(35)38)55-41-21-9-7-17-36(41)37-18-8-10-22-42(37)55/h1-30,49-50,52H,(H,53,54). The van der Waals surface area contributed by atoms with Crippen LogP contribution in [0.25, 0.3) is 80.7 Å². The molecule has 57 heavy (non-hydrogen) atoms. The van der Waals surface area contributed by atoms with Crippen LogP contribution in [0, 0.1) is 0 Å². The van der Waals surface area contributed by atoms with E-state index in [2.05, 4.69) is 185 Å². The van der Waals surface area contributed by atoms with Gasteiger partial charge in [-0.15, -0.1) is 11.3 Å². The normalized spacial score (nSPS) is 15.9. The largest absolute Gasteiger partial charge is 0.456 e. The highest BCUT2D eigenvalue weighted by Gasteiger charge is 2.26. The van der Waals surface area contributed by atoms with Gasteiger partial charge in [-0.05, 0) is 76.9 Å². The van der Waals surface area contributed by atoms with Crippen LogP contribution in [0.3, 0.4) is 0 Å². The van der Waals surface area contributed by atoms with E-state index in [9.17, 15) is 0 Å². The summed E-state index contributed by atoms with van der Waals surface area (Å²) in [6, 6.07) is 64.9. The van der Waals surface area contributed by atoms with Gasteiger partial charge in [-0.2, -0.15) is 0 Å². The Bertz CT molecular complexity index is 3320. The fourth-order valence-corrected chi connectivity index (χ4v) is 10.1. The van der Waals surface area contributed by atoms with Crippen molar-refractivity contribution in [1.29, 1.82) is 0 Å². The van der Waals surface area contributed by atoms with E-state index in [1.165, 1.54) is 53.2 Å². The minimum absolute atomic E-state index is 0.107. The molecule has 2 atom stereocenters. The zero-order valence-electron chi connectivity index (χ0n) is 30.7. The number of fused-ring (bicyclic) bond motifs is 9. The van der Waals surface area contributed by atoms with Crippen molar-refractivity contribution in [3.8, 4) is 16.8 Å². The second kappa shape index (κ2) is 12.8. The quantitative estimate of drug-likeness (QED) is 0.184. The first-order valence-corrected chi connectivity index (χ1v) is 20.2. The van der Waals surface area contributed by atoms with Crippen LogP contribution >= 0.6 is 11.3 Å². The van der Waals surface area contributed by atoms with Crippen LogP contribution in [0.2, 0.25) is 0 Å². The van der Waals surface area contributed by atoms with Crippen molar-refractivity contribution in [2.75, 3.05) is 0 Å². The minimum atomic E-state index is -0.201. The lowest BCUT2D eigenvalue weighted by atomic mass is 9.99. The zero-order chi connectivity index (χ0) is 37.5. The Kier molecular flexibility index (Phi) is 7.24. The van der Waals surface area contributed by atoms with Crippen LogP contribution in [-0.4, -0.2) is 10.4 Å². The zero-order valence-corrected chi connectivity index (χ0v) is 31.5. The highest BCUT2D eigenvalue weighted by atomic mass is 32.1. The Hall–Kier alpha value is -6.99. The fourth-order valence-electron chi connectivity index (χ4n) is 8.85. The topological polar surface area (TPSA) is 54.5 Å². The van der Waals surface area contributed by atoms with E-state index in [0.717, 1.165) is 50.0 Å². The molecule has 1 aliphatic heterocycles. The number of aromatic nitrogens is 1. The summed E-state index contributed by atoms with van der Waals surface area (Å²) in [5.74, 6) is 0.845. The summed E-state index contributed by atoms with van der Waals surface area (Å²) in [6.07, 6.45) is -0.308. The number of thiophene rings is 1. The predicted octanol–water partition coefficient (Wildman–Crippen LogP) is 13.1. The predicted molar refractivity (Wildman–Crippen MR) is 238 cm³/mol. The molecule has 2 unspecified atom stereocenters. The molecule has 0 saturated heterocycles. The van der Waals surface area contributed by atoms with Crippen LogP contribution in [0.15, 0.2) is 191 Å². The molecule has 270 valence electrons. The Morgan fingerprint density at radius 2 is 1.14 bits per heavy atom. The summed E-state index contributed by atoms with van der Waals surface area (Å²) in [5, 5.41) is 14.6. The number of nitrogens with zero attached hydrogens (tertiary/aromatic N) is 2. The Morgan fingerprint density at radius 1 is 0.526 bits per heavy atom. The molecule has 0 fully saturated rings. The van der Waals surface area contributed by atoms with Crippen molar-refractivity contribution in [3.05, 3.63) is 199 Å². The van der Waals surface area contributed by atoms with Gasteiger partial charge >= 0.3 is 0 Å². The van der Waals surface area contributed by atoms with Crippen molar-refractivity contribution in [2.45, 2.75) is 12.3 Å². The molecule has 11 aromatic rings. The van der Waals surface area contributed by atoms with Crippen molar-refractivity contribution >= 4 is 81.1 Å². The molecule has 0 aliphatic carbocycles. The molecule has 6 heteroatoms. The van der Waals surface area contributed by atoms with Crippen LogP contribution in [0.5, 0.6) is 0 Å². The molecule has 2 N–H and O–H groups in total. The third kappa shape index (κ3) is 5.15. The number of aliphatic imine (C=N–C) groups is 1. The molecule has 3 aromatic heterocycles. The Labute approximate surface area is 332 Å². The van der Waals surface area contributed by atoms with E-state index < -0.39 is 0 Å². The second-order valence-electron chi connectivity index (χ2n) is 14.8. The SMILES string of the molecule is c1ccc(C2N=C(c3ccc4oc5ccc(-c6cccc7c6sc6cccc(-n8c9ccccc9c9ccccc98)c67)cc5c4c3)NC(c3ccccc3)N2)cc1. The molecule has 12 rings (SSSR count). The molecule has 0 saturated carbocycles. The summed E-state index contributed by atoms with van der Waals surface area (Å²) < 4.78 is 11.5. The molecular formula is C51H34N4OS. The number of nitrogens with one attached hydrogen (secondary N) is 2. The van der Waals surface area contributed by atoms with Crippen molar-refractivity contribution in [3.63, 3.8) is 0 Å². The molecule has 1 aliphatic rings. The average Bonchev–Trinajstić information content (AvgIpc) is 3.96. The molecular weight excluding hydrogens is 717 g/mol. The molecule has 8 aromatic carbocycles. The van der Waals surface area contributed by atoms with Gasteiger partial charge in [-0.3, -0.25) is 5.32 Å². The van der Waals surface area contributed by atoms with Gasteiger partial charge in [0.1, 0.15) is 29.3 Å². The summed E-state index contributed by atoms with van der Waals surface area (Å²) in [7, 11) is 0. The van der Waals surface area contributed by atoms with E-state index in [1.54, 1.807) is 0 Å². The van der Waals surface area contributed by atoms with E-state index in [-0.39, 0.29) is 12.3 Å².